The van der Waals surface area contributed by atoms with Crippen molar-refractivity contribution >= 4 is 11.9 Å². The Labute approximate surface area is 272 Å². The summed E-state index contributed by atoms with van der Waals surface area (Å²) in [6, 6.07) is 0. The van der Waals surface area contributed by atoms with Crippen molar-refractivity contribution < 1.29 is 19.4 Å². The molecule has 44 heavy (non-hydrogen) atoms. The number of hydrogen-bond donors (Lipinski definition) is 1. The minimum Gasteiger partial charge on any atom is -0.481 e. The van der Waals surface area contributed by atoms with E-state index in [2.05, 4.69) is 62.5 Å². The lowest BCUT2D eigenvalue weighted by Crippen LogP contribution is -2.18. The molecule has 0 aliphatic rings. The summed E-state index contributed by atoms with van der Waals surface area (Å²) in [5.41, 5.74) is 0. The topological polar surface area (TPSA) is 63.6 Å². The van der Waals surface area contributed by atoms with E-state index in [-0.39, 0.29) is 12.1 Å². The molecule has 0 aromatic rings. The summed E-state index contributed by atoms with van der Waals surface area (Å²) in [6.45, 7) is 4.40. The molecule has 0 spiro atoms. The van der Waals surface area contributed by atoms with Crippen LogP contribution < -0.4 is 0 Å². The van der Waals surface area contributed by atoms with Crippen LogP contribution in [-0.4, -0.2) is 23.1 Å². The number of allylic oxidation sites excluding steroid dienone is 8. The molecule has 1 atom stereocenters. The fourth-order valence-electron chi connectivity index (χ4n) is 5.35. The smallest absolute Gasteiger partial charge is 0.306 e. The number of carboxylic acids is 1. The third kappa shape index (κ3) is 34.4. The first-order valence-electron chi connectivity index (χ1n) is 18.6. The highest BCUT2D eigenvalue weighted by Gasteiger charge is 2.14. The molecule has 0 fully saturated rings. The van der Waals surface area contributed by atoms with Gasteiger partial charge in [0.05, 0.1) is 0 Å². The number of unbranched alkanes of at least 4 members (excludes halogenated alkanes) is 16. The molecule has 4 heteroatoms. The predicted octanol–water partition coefficient (Wildman–Crippen LogP) is 12.8. The maximum atomic E-state index is 12.6. The highest BCUT2D eigenvalue weighted by molar-refractivity contribution is 5.69. The first-order valence-corrected chi connectivity index (χ1v) is 18.6. The quantitative estimate of drug-likeness (QED) is 0.0454. The number of aliphatic carboxylic acids is 1. The zero-order valence-corrected chi connectivity index (χ0v) is 29.0. The van der Waals surface area contributed by atoms with Gasteiger partial charge in [-0.25, -0.2) is 0 Å². The number of carboxylic acid groups (broad SMARTS) is 1. The molecule has 0 aliphatic heterocycles. The summed E-state index contributed by atoms with van der Waals surface area (Å²) >= 11 is 0. The van der Waals surface area contributed by atoms with Gasteiger partial charge in [-0.05, 0) is 77.0 Å². The minimum atomic E-state index is -0.673. The molecule has 1 N–H and O–H groups in total. The summed E-state index contributed by atoms with van der Waals surface area (Å²) in [5, 5.41) is 8.68. The van der Waals surface area contributed by atoms with Crippen LogP contribution in [-0.2, 0) is 14.3 Å². The monoisotopic (exact) mass is 615 g/mol. The lowest BCUT2D eigenvalue weighted by atomic mass is 10.0. The summed E-state index contributed by atoms with van der Waals surface area (Å²) in [6.07, 6.45) is 47.2. The first-order chi connectivity index (χ1) is 21.6. The van der Waals surface area contributed by atoms with Gasteiger partial charge in [-0.15, -0.1) is 0 Å². The maximum absolute atomic E-state index is 12.6. The van der Waals surface area contributed by atoms with Crippen molar-refractivity contribution in [3.63, 3.8) is 0 Å². The molecule has 0 heterocycles. The van der Waals surface area contributed by atoms with Crippen LogP contribution in [0.2, 0.25) is 0 Å². The fourth-order valence-corrected chi connectivity index (χ4v) is 5.35. The second-order valence-corrected chi connectivity index (χ2v) is 12.4. The molecule has 0 aromatic heterocycles. The standard InChI is InChI=1S/C40H70O4/c1-3-5-7-9-10-11-12-13-14-15-20-23-26-29-33-37-40(43)44-38(34-30-8-6-4-2)35-31-27-24-21-18-16-17-19-22-25-28-32-36-39(41)42/h5,7,10-11,13-14,20,23,38H,3-4,6,8-9,12,15-19,21-22,24-37H2,1-2H3,(H,41,42)/b7-5-,11-10-,14-13-,23-20-. The Kier molecular flexibility index (Phi) is 33.7. The summed E-state index contributed by atoms with van der Waals surface area (Å²) < 4.78 is 5.96. The van der Waals surface area contributed by atoms with E-state index in [9.17, 15) is 9.59 Å². The van der Waals surface area contributed by atoms with E-state index in [0.29, 0.717) is 12.8 Å². The second-order valence-electron chi connectivity index (χ2n) is 12.4. The highest BCUT2D eigenvalue weighted by atomic mass is 16.5. The van der Waals surface area contributed by atoms with Crippen LogP contribution in [0.3, 0.4) is 0 Å². The fraction of sp³-hybridized carbons (Fsp3) is 0.750. The number of ether oxygens (including phenoxy) is 1. The number of esters is 1. The van der Waals surface area contributed by atoms with Crippen molar-refractivity contribution in [3.8, 4) is 0 Å². The van der Waals surface area contributed by atoms with E-state index in [1.807, 2.05) is 0 Å². The van der Waals surface area contributed by atoms with Crippen LogP contribution in [0.5, 0.6) is 0 Å². The number of carbonyl (C=O) groups excluding carboxylic acids is 1. The lowest BCUT2D eigenvalue weighted by molar-refractivity contribution is -0.150. The highest BCUT2D eigenvalue weighted by Crippen LogP contribution is 2.18. The van der Waals surface area contributed by atoms with Crippen LogP contribution in [0.1, 0.15) is 187 Å². The third-order valence-corrected chi connectivity index (χ3v) is 8.07. The largest absolute Gasteiger partial charge is 0.481 e. The summed E-state index contributed by atoms with van der Waals surface area (Å²) in [7, 11) is 0. The first kappa shape index (κ1) is 41.9. The van der Waals surface area contributed by atoms with E-state index in [0.717, 1.165) is 83.5 Å². The van der Waals surface area contributed by atoms with Crippen LogP contribution in [0.25, 0.3) is 0 Å². The van der Waals surface area contributed by atoms with Gasteiger partial charge in [-0.3, -0.25) is 9.59 Å². The van der Waals surface area contributed by atoms with Gasteiger partial charge in [-0.2, -0.15) is 0 Å². The van der Waals surface area contributed by atoms with E-state index in [1.54, 1.807) is 0 Å². The van der Waals surface area contributed by atoms with Crippen molar-refractivity contribution in [2.24, 2.45) is 0 Å². The van der Waals surface area contributed by atoms with Crippen molar-refractivity contribution in [1.29, 1.82) is 0 Å². The molecule has 0 radical (unpaired) electrons. The zero-order chi connectivity index (χ0) is 32.2. The lowest BCUT2D eigenvalue weighted by Gasteiger charge is -2.18. The van der Waals surface area contributed by atoms with Gasteiger partial charge in [0, 0.05) is 12.8 Å². The van der Waals surface area contributed by atoms with Crippen LogP contribution in [0.4, 0.5) is 0 Å². The van der Waals surface area contributed by atoms with E-state index < -0.39 is 5.97 Å². The molecule has 0 saturated heterocycles. The zero-order valence-electron chi connectivity index (χ0n) is 29.0. The average Bonchev–Trinajstić information content (AvgIpc) is 3.01. The van der Waals surface area contributed by atoms with Crippen molar-refractivity contribution in [2.75, 3.05) is 0 Å². The molecule has 0 amide bonds. The summed E-state index contributed by atoms with van der Waals surface area (Å²) in [4.78, 5) is 23.1. The minimum absolute atomic E-state index is 0.00229. The second kappa shape index (κ2) is 35.4. The molecule has 0 bridgehead atoms. The molecule has 0 aliphatic carbocycles. The van der Waals surface area contributed by atoms with Gasteiger partial charge in [0.2, 0.25) is 0 Å². The molecule has 0 aromatic carbocycles. The van der Waals surface area contributed by atoms with Crippen LogP contribution in [0, 0.1) is 0 Å². The Bertz CT molecular complexity index is 748. The van der Waals surface area contributed by atoms with E-state index in [4.69, 9.17) is 9.84 Å². The van der Waals surface area contributed by atoms with Gasteiger partial charge in [0.1, 0.15) is 6.10 Å². The predicted molar refractivity (Wildman–Crippen MR) is 190 cm³/mol. The van der Waals surface area contributed by atoms with Crippen molar-refractivity contribution in [3.05, 3.63) is 48.6 Å². The molecular weight excluding hydrogens is 544 g/mol. The summed E-state index contributed by atoms with van der Waals surface area (Å²) in [5.74, 6) is -0.675. The molecule has 4 nitrogen and oxygen atoms in total. The van der Waals surface area contributed by atoms with Crippen LogP contribution >= 0.6 is 0 Å². The van der Waals surface area contributed by atoms with Crippen molar-refractivity contribution in [2.45, 2.75) is 193 Å². The molecule has 1 unspecified atom stereocenters. The van der Waals surface area contributed by atoms with Gasteiger partial charge < -0.3 is 9.84 Å². The third-order valence-electron chi connectivity index (χ3n) is 8.07. The SMILES string of the molecule is CC/C=C\C/C=C\C/C=C\C/C=C\CCCCC(=O)OC(CCCCCC)CCCCCCCCCCCCCCC(=O)O. The Morgan fingerprint density at radius 1 is 0.523 bits per heavy atom. The molecule has 0 saturated carbocycles. The normalized spacial score (nSPS) is 12.8. The number of carbonyl (C=O) groups is 2. The Morgan fingerprint density at radius 3 is 1.45 bits per heavy atom. The van der Waals surface area contributed by atoms with Gasteiger partial charge in [0.15, 0.2) is 0 Å². The Balaban J connectivity index is 3.92. The molecular formula is C40H70O4. The number of hydrogen-bond acceptors (Lipinski definition) is 3. The average molecular weight is 615 g/mol. The Hall–Kier alpha value is -2.10. The van der Waals surface area contributed by atoms with E-state index in [1.165, 1.54) is 77.0 Å². The Morgan fingerprint density at radius 2 is 0.955 bits per heavy atom. The van der Waals surface area contributed by atoms with Crippen LogP contribution in [0.15, 0.2) is 48.6 Å². The maximum Gasteiger partial charge on any atom is 0.306 e. The van der Waals surface area contributed by atoms with Gasteiger partial charge in [-0.1, -0.05) is 146 Å². The van der Waals surface area contributed by atoms with Crippen molar-refractivity contribution in [1.82, 2.24) is 0 Å². The van der Waals surface area contributed by atoms with Gasteiger partial charge in [0.25, 0.3) is 0 Å². The molecule has 0 rings (SSSR count). The number of rotatable bonds is 33. The molecule has 254 valence electrons. The van der Waals surface area contributed by atoms with Gasteiger partial charge >= 0.3 is 11.9 Å². The van der Waals surface area contributed by atoms with E-state index >= 15 is 0 Å².